The number of carbonyl (C=O) groups is 3. The number of fused-ring (bicyclic) bond motifs is 2. The maximum Gasteiger partial charge on any atom is 0.250 e. The maximum atomic E-state index is 13.3. The number of sulfonamides is 1. The van der Waals surface area contributed by atoms with Crippen molar-refractivity contribution in [3.63, 3.8) is 0 Å². The summed E-state index contributed by atoms with van der Waals surface area (Å²) in [6.45, 7) is 0.548. The minimum atomic E-state index is -3.97. The van der Waals surface area contributed by atoms with Crippen LogP contribution in [-0.2, 0) is 24.4 Å². The molecule has 2 atom stereocenters. The van der Waals surface area contributed by atoms with Crippen molar-refractivity contribution in [1.82, 2.24) is 14.5 Å². The van der Waals surface area contributed by atoms with Gasteiger partial charge in [-0.15, -0.1) is 11.3 Å². The molecule has 2 saturated heterocycles. The van der Waals surface area contributed by atoms with E-state index < -0.39 is 28.0 Å². The van der Waals surface area contributed by atoms with Crippen LogP contribution in [0.2, 0.25) is 5.02 Å². The molecule has 3 heterocycles. The zero-order chi connectivity index (χ0) is 29.4. The van der Waals surface area contributed by atoms with E-state index in [0.717, 1.165) is 26.8 Å². The SMILES string of the molecule is O=C(Nc1ccc2ccccc2c1)[C@@H]1CCCN1C(=O)CN1CCC[C@H](NS(=O)(=O)c2cc3cc(Cl)ccc3s2)C1=O. The maximum absolute atomic E-state index is 13.3. The second kappa shape index (κ2) is 11.6. The van der Waals surface area contributed by atoms with Crippen LogP contribution in [0, 0.1) is 0 Å². The summed E-state index contributed by atoms with van der Waals surface area (Å²) in [6.07, 6.45) is 2.08. The Morgan fingerprint density at radius 3 is 2.55 bits per heavy atom. The molecule has 4 aromatic rings. The van der Waals surface area contributed by atoms with Crippen molar-refractivity contribution >= 4 is 77.2 Å². The molecule has 0 radical (unpaired) electrons. The Hall–Kier alpha value is -3.51. The molecule has 2 N–H and O–H groups in total. The number of hydrogen-bond acceptors (Lipinski definition) is 6. The first-order valence-corrected chi connectivity index (χ1v) is 16.4. The predicted octanol–water partition coefficient (Wildman–Crippen LogP) is 4.61. The van der Waals surface area contributed by atoms with E-state index in [1.54, 1.807) is 24.3 Å². The first-order valence-electron chi connectivity index (χ1n) is 13.8. The smallest absolute Gasteiger partial charge is 0.250 e. The van der Waals surface area contributed by atoms with Gasteiger partial charge in [-0.25, -0.2) is 8.42 Å². The first-order chi connectivity index (χ1) is 20.2. The van der Waals surface area contributed by atoms with Gasteiger partial charge in [0.25, 0.3) is 10.0 Å². The summed E-state index contributed by atoms with van der Waals surface area (Å²) in [7, 11) is -3.97. The van der Waals surface area contributed by atoms with E-state index >= 15 is 0 Å². The number of carbonyl (C=O) groups excluding carboxylic acids is 3. The van der Waals surface area contributed by atoms with Gasteiger partial charge in [-0.3, -0.25) is 14.4 Å². The molecule has 0 saturated carbocycles. The lowest BCUT2D eigenvalue weighted by molar-refractivity contribution is -0.144. The van der Waals surface area contributed by atoms with Crippen LogP contribution in [0.15, 0.2) is 70.9 Å². The molecule has 0 unspecified atom stereocenters. The van der Waals surface area contributed by atoms with Crippen LogP contribution < -0.4 is 10.0 Å². The van der Waals surface area contributed by atoms with Crippen LogP contribution in [0.3, 0.4) is 0 Å². The second-order valence-electron chi connectivity index (χ2n) is 10.6. The fourth-order valence-corrected chi connectivity index (χ4v) is 8.46. The van der Waals surface area contributed by atoms with Crippen LogP contribution in [0.4, 0.5) is 5.69 Å². The largest absolute Gasteiger partial charge is 0.332 e. The monoisotopic (exact) mass is 624 g/mol. The topological polar surface area (TPSA) is 116 Å². The average molecular weight is 625 g/mol. The number of piperidine rings is 1. The van der Waals surface area contributed by atoms with E-state index in [9.17, 15) is 22.8 Å². The van der Waals surface area contributed by atoms with Gasteiger partial charge in [0.2, 0.25) is 17.7 Å². The number of benzene rings is 3. The zero-order valence-corrected chi connectivity index (χ0v) is 25.0. The standard InChI is InChI=1S/C30H29ClN4O5S2/c31-22-10-12-26-21(15-22)17-28(41-26)42(39,40)33-24-7-3-13-34(30(24)38)18-27(36)35-14-4-8-25(35)29(37)32-23-11-9-19-5-1-2-6-20(19)16-23/h1-2,5-6,9-12,15-17,24-25,33H,3-4,7-8,13-14,18H2,(H,32,37)/t24-,25-/m0/s1. The molecule has 2 fully saturated rings. The lowest BCUT2D eigenvalue weighted by Gasteiger charge is -2.33. The van der Waals surface area contributed by atoms with Crippen LogP contribution in [-0.4, -0.2) is 67.7 Å². The van der Waals surface area contributed by atoms with E-state index in [1.165, 1.54) is 9.80 Å². The van der Waals surface area contributed by atoms with Crippen molar-refractivity contribution in [2.24, 2.45) is 0 Å². The average Bonchev–Trinajstić information content (AvgIpc) is 3.63. The Morgan fingerprint density at radius 2 is 1.71 bits per heavy atom. The summed E-state index contributed by atoms with van der Waals surface area (Å²) in [6, 6.07) is 18.6. The molecule has 0 bridgehead atoms. The molecule has 0 spiro atoms. The number of nitrogens with zero attached hydrogens (tertiary/aromatic N) is 2. The van der Waals surface area contributed by atoms with E-state index in [0.29, 0.717) is 54.9 Å². The Labute approximate surface area is 252 Å². The number of nitrogens with one attached hydrogen (secondary N) is 2. The number of anilines is 1. The lowest BCUT2D eigenvalue weighted by atomic mass is 10.1. The first kappa shape index (κ1) is 28.6. The third-order valence-electron chi connectivity index (χ3n) is 7.77. The van der Waals surface area contributed by atoms with Gasteiger partial charge in [0, 0.05) is 28.5 Å². The fourth-order valence-electron chi connectivity index (χ4n) is 5.66. The van der Waals surface area contributed by atoms with Gasteiger partial charge in [0.05, 0.1) is 6.54 Å². The van der Waals surface area contributed by atoms with Gasteiger partial charge in [0.1, 0.15) is 16.3 Å². The van der Waals surface area contributed by atoms with Crippen molar-refractivity contribution in [2.45, 2.75) is 42.0 Å². The van der Waals surface area contributed by atoms with Crippen LogP contribution >= 0.6 is 22.9 Å². The van der Waals surface area contributed by atoms with Crippen molar-refractivity contribution in [1.29, 1.82) is 0 Å². The number of halogens is 1. The highest BCUT2D eigenvalue weighted by Crippen LogP contribution is 2.31. The molecule has 218 valence electrons. The Bertz CT molecular complexity index is 1810. The molecular weight excluding hydrogens is 596 g/mol. The number of thiophene rings is 1. The van der Waals surface area contributed by atoms with Crippen molar-refractivity contribution < 1.29 is 22.8 Å². The highest BCUT2D eigenvalue weighted by atomic mass is 35.5. The van der Waals surface area contributed by atoms with Crippen LogP contribution in [0.5, 0.6) is 0 Å². The molecule has 3 amide bonds. The summed E-state index contributed by atoms with van der Waals surface area (Å²) in [5, 5.41) is 6.22. The minimum absolute atomic E-state index is 0.0955. The highest BCUT2D eigenvalue weighted by Gasteiger charge is 2.38. The molecule has 2 aliphatic rings. The van der Waals surface area contributed by atoms with E-state index in [2.05, 4.69) is 10.0 Å². The number of amides is 3. The number of rotatable bonds is 7. The number of likely N-dealkylation sites (tertiary alicyclic amines) is 2. The van der Waals surface area contributed by atoms with Gasteiger partial charge in [-0.05, 0) is 78.2 Å². The highest BCUT2D eigenvalue weighted by molar-refractivity contribution is 7.91. The van der Waals surface area contributed by atoms with E-state index in [4.69, 9.17) is 11.6 Å². The molecule has 2 aliphatic heterocycles. The van der Waals surface area contributed by atoms with Gasteiger partial charge in [-0.1, -0.05) is 41.9 Å². The molecule has 3 aromatic carbocycles. The second-order valence-corrected chi connectivity index (χ2v) is 14.1. The molecule has 1 aromatic heterocycles. The molecule has 42 heavy (non-hydrogen) atoms. The van der Waals surface area contributed by atoms with Crippen LogP contribution in [0.1, 0.15) is 25.7 Å². The van der Waals surface area contributed by atoms with E-state index in [1.807, 2.05) is 42.5 Å². The van der Waals surface area contributed by atoms with Crippen molar-refractivity contribution in [3.8, 4) is 0 Å². The Balaban J connectivity index is 1.10. The third kappa shape index (κ3) is 5.87. The van der Waals surface area contributed by atoms with Gasteiger partial charge in [0.15, 0.2) is 0 Å². The molecule has 9 nitrogen and oxygen atoms in total. The minimum Gasteiger partial charge on any atom is -0.332 e. The summed E-state index contributed by atoms with van der Waals surface area (Å²) in [5.41, 5.74) is 0.654. The fraction of sp³-hybridized carbons (Fsp3) is 0.300. The Kier molecular flexibility index (Phi) is 7.93. The summed E-state index contributed by atoms with van der Waals surface area (Å²) in [4.78, 5) is 42.7. The molecular formula is C30H29ClN4O5S2. The summed E-state index contributed by atoms with van der Waals surface area (Å²) >= 11 is 7.14. The van der Waals surface area contributed by atoms with Crippen molar-refractivity contribution in [3.05, 3.63) is 71.8 Å². The summed E-state index contributed by atoms with van der Waals surface area (Å²) in [5.74, 6) is -1.04. The van der Waals surface area contributed by atoms with Gasteiger partial charge < -0.3 is 15.1 Å². The normalized spacial score (nSPS) is 19.5. The van der Waals surface area contributed by atoms with Crippen molar-refractivity contribution in [2.75, 3.05) is 25.0 Å². The zero-order valence-electron chi connectivity index (χ0n) is 22.6. The molecule has 12 heteroatoms. The van der Waals surface area contributed by atoms with Crippen LogP contribution in [0.25, 0.3) is 20.9 Å². The third-order valence-corrected chi connectivity index (χ3v) is 11.1. The van der Waals surface area contributed by atoms with Gasteiger partial charge in [-0.2, -0.15) is 4.72 Å². The lowest BCUT2D eigenvalue weighted by Crippen LogP contribution is -2.55. The number of hydrogen-bond donors (Lipinski definition) is 2. The van der Waals surface area contributed by atoms with Gasteiger partial charge >= 0.3 is 0 Å². The quantitative estimate of drug-likeness (QED) is 0.312. The predicted molar refractivity (Wildman–Crippen MR) is 164 cm³/mol. The Morgan fingerprint density at radius 1 is 0.929 bits per heavy atom. The molecule has 0 aliphatic carbocycles. The van der Waals surface area contributed by atoms with E-state index in [-0.39, 0.29) is 22.6 Å². The summed E-state index contributed by atoms with van der Waals surface area (Å²) < 4.78 is 29.7. The molecule has 6 rings (SSSR count).